The summed E-state index contributed by atoms with van der Waals surface area (Å²) in [6, 6.07) is 9.74. The van der Waals surface area contributed by atoms with Gasteiger partial charge in [-0.3, -0.25) is 4.79 Å². The number of hydrogen-bond acceptors (Lipinski definition) is 4. The first kappa shape index (κ1) is 17.0. The van der Waals surface area contributed by atoms with Crippen molar-refractivity contribution in [2.75, 3.05) is 12.4 Å². The number of benzene rings is 1. The minimum atomic E-state index is -0.455. The zero-order chi connectivity index (χ0) is 16.8. The lowest BCUT2D eigenvalue weighted by atomic mass is 10.0. The van der Waals surface area contributed by atoms with Gasteiger partial charge in [-0.2, -0.15) is 0 Å². The third-order valence-electron chi connectivity index (χ3n) is 3.32. The zero-order valence-electron chi connectivity index (χ0n) is 13.3. The average Bonchev–Trinajstić information content (AvgIpc) is 3.00. The molecule has 0 fully saturated rings. The highest BCUT2D eigenvalue weighted by atomic mass is 32.1. The molecule has 0 radical (unpaired) electrons. The summed E-state index contributed by atoms with van der Waals surface area (Å²) in [6.07, 6.45) is 3.19. The van der Waals surface area contributed by atoms with Gasteiger partial charge < -0.3 is 10.1 Å². The Bertz CT molecular complexity index is 714. The van der Waals surface area contributed by atoms with Crippen molar-refractivity contribution >= 4 is 35.0 Å². The van der Waals surface area contributed by atoms with Crippen LogP contribution in [0, 0.1) is 0 Å². The van der Waals surface area contributed by atoms with E-state index in [-0.39, 0.29) is 5.91 Å². The minimum absolute atomic E-state index is 0.290. The Labute approximate surface area is 139 Å². The van der Waals surface area contributed by atoms with Crippen molar-refractivity contribution in [1.29, 1.82) is 0 Å². The van der Waals surface area contributed by atoms with E-state index in [1.807, 2.05) is 12.1 Å². The molecule has 1 N–H and O–H groups in total. The van der Waals surface area contributed by atoms with E-state index < -0.39 is 5.97 Å². The van der Waals surface area contributed by atoms with E-state index in [1.165, 1.54) is 30.1 Å². The Morgan fingerprint density at radius 1 is 1.17 bits per heavy atom. The quantitative estimate of drug-likeness (QED) is 0.657. The molecule has 2 aromatic rings. The number of rotatable bonds is 5. The molecule has 5 heteroatoms. The Morgan fingerprint density at radius 2 is 1.87 bits per heavy atom. The highest BCUT2D eigenvalue weighted by Gasteiger charge is 2.14. The van der Waals surface area contributed by atoms with Crippen molar-refractivity contribution in [3.63, 3.8) is 0 Å². The summed E-state index contributed by atoms with van der Waals surface area (Å²) in [5.41, 5.74) is 2.67. The van der Waals surface area contributed by atoms with Crippen molar-refractivity contribution < 1.29 is 14.3 Å². The Kier molecular flexibility index (Phi) is 5.71. The van der Waals surface area contributed by atoms with Crippen molar-refractivity contribution in [1.82, 2.24) is 0 Å². The fraction of sp³-hybridized carbons (Fsp3) is 0.222. The van der Waals surface area contributed by atoms with Gasteiger partial charge in [0.25, 0.3) is 0 Å². The lowest BCUT2D eigenvalue weighted by Gasteiger charge is -2.05. The molecule has 120 valence electrons. The zero-order valence-corrected chi connectivity index (χ0v) is 14.1. The van der Waals surface area contributed by atoms with Crippen LogP contribution in [0.1, 0.15) is 40.6 Å². The van der Waals surface area contributed by atoms with Crippen LogP contribution in [0.2, 0.25) is 0 Å². The second-order valence-electron chi connectivity index (χ2n) is 5.30. The van der Waals surface area contributed by atoms with E-state index in [1.54, 1.807) is 17.5 Å². The third-order valence-corrected chi connectivity index (χ3v) is 4.22. The van der Waals surface area contributed by atoms with E-state index >= 15 is 0 Å². The van der Waals surface area contributed by atoms with Crippen molar-refractivity contribution in [3.8, 4) is 0 Å². The summed E-state index contributed by atoms with van der Waals surface area (Å²) in [6.45, 7) is 4.27. The lowest BCUT2D eigenvalue weighted by molar-refractivity contribution is -0.111. The highest BCUT2D eigenvalue weighted by molar-refractivity contribution is 7.12. The number of nitrogens with one attached hydrogen (secondary N) is 1. The molecule has 0 aliphatic heterocycles. The molecular formula is C18H19NO3S. The molecule has 23 heavy (non-hydrogen) atoms. The largest absolute Gasteiger partial charge is 0.465 e. The number of amides is 1. The molecule has 0 aliphatic rings. The first-order valence-corrected chi connectivity index (χ1v) is 8.14. The van der Waals surface area contributed by atoms with Gasteiger partial charge >= 0.3 is 5.97 Å². The molecule has 1 aromatic heterocycles. The van der Waals surface area contributed by atoms with E-state index in [0.717, 1.165) is 5.56 Å². The molecule has 0 bridgehead atoms. The van der Waals surface area contributed by atoms with Crippen LogP contribution in [0.25, 0.3) is 6.08 Å². The average molecular weight is 329 g/mol. The molecule has 0 saturated carbocycles. The first-order chi connectivity index (χ1) is 11.0. The van der Waals surface area contributed by atoms with Crippen LogP contribution in [0.5, 0.6) is 0 Å². The summed E-state index contributed by atoms with van der Waals surface area (Å²) in [4.78, 5) is 23.9. The number of thiophene rings is 1. The van der Waals surface area contributed by atoms with Gasteiger partial charge in [0, 0.05) is 6.08 Å². The molecule has 0 aliphatic carbocycles. The topological polar surface area (TPSA) is 55.4 Å². The van der Waals surface area contributed by atoms with Gasteiger partial charge in [-0.1, -0.05) is 38.1 Å². The van der Waals surface area contributed by atoms with Crippen molar-refractivity contribution in [3.05, 3.63) is 57.8 Å². The maximum absolute atomic E-state index is 12.0. The van der Waals surface area contributed by atoms with Crippen LogP contribution in [-0.4, -0.2) is 19.0 Å². The molecule has 1 amide bonds. The summed E-state index contributed by atoms with van der Waals surface area (Å²) >= 11 is 1.23. The molecule has 0 atom stereocenters. The van der Waals surface area contributed by atoms with Gasteiger partial charge in [0.05, 0.1) is 12.8 Å². The normalized spacial score (nSPS) is 11.0. The Morgan fingerprint density at radius 3 is 2.48 bits per heavy atom. The minimum Gasteiger partial charge on any atom is -0.465 e. The fourth-order valence-corrected chi connectivity index (χ4v) is 2.76. The van der Waals surface area contributed by atoms with Crippen molar-refractivity contribution in [2.24, 2.45) is 0 Å². The number of carbonyl (C=O) groups is 2. The maximum Gasteiger partial charge on any atom is 0.350 e. The first-order valence-electron chi connectivity index (χ1n) is 7.26. The number of ether oxygens (including phenoxy) is 1. The van der Waals surface area contributed by atoms with Gasteiger partial charge in [-0.05, 0) is 34.6 Å². The highest BCUT2D eigenvalue weighted by Crippen LogP contribution is 2.23. The molecule has 0 spiro atoms. The van der Waals surface area contributed by atoms with Gasteiger partial charge in [0.1, 0.15) is 4.88 Å². The predicted octanol–water partition coefficient (Wildman–Crippen LogP) is 4.31. The molecule has 0 saturated heterocycles. The summed E-state index contributed by atoms with van der Waals surface area (Å²) < 4.78 is 4.68. The van der Waals surface area contributed by atoms with E-state index in [2.05, 4.69) is 36.0 Å². The number of carbonyl (C=O) groups excluding carboxylic acids is 2. The second kappa shape index (κ2) is 7.74. The molecule has 1 aromatic carbocycles. The summed E-state index contributed by atoms with van der Waals surface area (Å²) in [5.74, 6) is -0.267. The van der Waals surface area contributed by atoms with Crippen molar-refractivity contribution in [2.45, 2.75) is 19.8 Å². The number of anilines is 1. The smallest absolute Gasteiger partial charge is 0.350 e. The van der Waals surface area contributed by atoms with Crippen LogP contribution in [0.3, 0.4) is 0 Å². The predicted molar refractivity (Wildman–Crippen MR) is 93.9 cm³/mol. The molecule has 4 nitrogen and oxygen atoms in total. The SMILES string of the molecule is COC(=O)c1sccc1NC(=O)/C=C/c1ccc(C(C)C)cc1. The molecular weight excluding hydrogens is 310 g/mol. The lowest BCUT2D eigenvalue weighted by Crippen LogP contribution is -2.10. The van der Waals surface area contributed by atoms with Gasteiger partial charge in [-0.25, -0.2) is 4.79 Å². The number of hydrogen-bond donors (Lipinski definition) is 1. The standard InChI is InChI=1S/C18H19NO3S/c1-12(2)14-7-4-13(5-8-14)6-9-16(20)19-15-10-11-23-17(15)18(21)22-3/h4-12H,1-3H3,(H,19,20)/b9-6+. The fourth-order valence-electron chi connectivity index (χ4n) is 2.00. The summed E-state index contributed by atoms with van der Waals surface area (Å²) in [7, 11) is 1.31. The van der Waals surface area contributed by atoms with Crippen LogP contribution in [0.15, 0.2) is 41.8 Å². The molecule has 1 heterocycles. The monoisotopic (exact) mass is 329 g/mol. The van der Waals surface area contributed by atoms with Crippen LogP contribution < -0.4 is 5.32 Å². The maximum atomic E-state index is 12.0. The second-order valence-corrected chi connectivity index (χ2v) is 6.22. The molecule has 2 rings (SSSR count). The van der Waals surface area contributed by atoms with E-state index in [9.17, 15) is 9.59 Å². The Balaban J connectivity index is 2.02. The third kappa shape index (κ3) is 4.53. The van der Waals surface area contributed by atoms with Gasteiger partial charge in [0.2, 0.25) is 5.91 Å². The number of esters is 1. The van der Waals surface area contributed by atoms with Crippen LogP contribution in [0.4, 0.5) is 5.69 Å². The molecule has 0 unspecified atom stereocenters. The van der Waals surface area contributed by atoms with E-state index in [4.69, 9.17) is 0 Å². The summed E-state index contributed by atoms with van der Waals surface area (Å²) in [5, 5.41) is 4.42. The Hall–Kier alpha value is -2.40. The van der Waals surface area contributed by atoms with E-state index in [0.29, 0.717) is 16.5 Å². The van der Waals surface area contributed by atoms with Gasteiger partial charge in [-0.15, -0.1) is 11.3 Å². The number of methoxy groups -OCH3 is 1. The van der Waals surface area contributed by atoms with Gasteiger partial charge in [0.15, 0.2) is 0 Å². The van der Waals surface area contributed by atoms with Crippen LogP contribution >= 0.6 is 11.3 Å². The van der Waals surface area contributed by atoms with Crippen LogP contribution in [-0.2, 0) is 9.53 Å².